The van der Waals surface area contributed by atoms with Crippen LogP contribution in [0, 0.1) is 0 Å². The molecule has 0 aliphatic carbocycles. The van der Waals surface area contributed by atoms with Gasteiger partial charge in [-0.05, 0) is 20.8 Å². The Balaban J connectivity index is 2.97. The van der Waals surface area contributed by atoms with Crippen LogP contribution in [0.3, 0.4) is 0 Å². The van der Waals surface area contributed by atoms with Crippen molar-refractivity contribution in [1.82, 2.24) is 9.97 Å². The first kappa shape index (κ1) is 11.6. The van der Waals surface area contributed by atoms with E-state index in [4.69, 9.17) is 14.2 Å². The molecule has 84 valence electrons. The number of hydrogen-bond acceptors (Lipinski definition) is 5. The summed E-state index contributed by atoms with van der Waals surface area (Å²) in [6, 6.07) is 1.84. The standard InChI is InChI=1S/C10H16N2O3/c1-10(2,3)15-9-11-7(13-4)6-8(12-9)14-5/h6H,1-5H3. The molecule has 0 atom stereocenters. The predicted octanol–water partition coefficient (Wildman–Crippen LogP) is 1.67. The molecule has 0 unspecified atom stereocenters. The third kappa shape index (κ3) is 3.61. The van der Waals surface area contributed by atoms with Gasteiger partial charge in [0.25, 0.3) is 0 Å². The van der Waals surface area contributed by atoms with Crippen molar-refractivity contribution in [1.29, 1.82) is 0 Å². The van der Waals surface area contributed by atoms with Crippen LogP contribution in [0.2, 0.25) is 0 Å². The van der Waals surface area contributed by atoms with Crippen LogP contribution in [0.15, 0.2) is 6.07 Å². The molecule has 0 fully saturated rings. The lowest BCUT2D eigenvalue weighted by Crippen LogP contribution is -2.24. The molecule has 5 heteroatoms. The van der Waals surface area contributed by atoms with E-state index in [0.29, 0.717) is 11.8 Å². The van der Waals surface area contributed by atoms with Gasteiger partial charge in [-0.15, -0.1) is 0 Å². The SMILES string of the molecule is COc1cc(OC)nc(OC(C)(C)C)n1. The van der Waals surface area contributed by atoms with Crippen molar-refractivity contribution in [3.63, 3.8) is 0 Å². The highest BCUT2D eigenvalue weighted by molar-refractivity contribution is 5.22. The van der Waals surface area contributed by atoms with E-state index in [1.165, 1.54) is 14.2 Å². The third-order valence-electron chi connectivity index (χ3n) is 1.47. The molecule has 0 radical (unpaired) electrons. The van der Waals surface area contributed by atoms with Crippen LogP contribution in [0.1, 0.15) is 20.8 Å². The van der Waals surface area contributed by atoms with Crippen molar-refractivity contribution in [2.45, 2.75) is 26.4 Å². The van der Waals surface area contributed by atoms with E-state index in [1.807, 2.05) is 20.8 Å². The largest absolute Gasteiger partial charge is 0.481 e. The maximum atomic E-state index is 5.50. The zero-order chi connectivity index (χ0) is 11.5. The molecule has 1 aromatic heterocycles. The van der Waals surface area contributed by atoms with E-state index < -0.39 is 0 Å². The minimum absolute atomic E-state index is 0.249. The van der Waals surface area contributed by atoms with Crippen LogP contribution >= 0.6 is 0 Å². The third-order valence-corrected chi connectivity index (χ3v) is 1.47. The molecule has 0 spiro atoms. The first-order valence-corrected chi connectivity index (χ1v) is 4.60. The fraction of sp³-hybridized carbons (Fsp3) is 0.600. The maximum absolute atomic E-state index is 5.50. The van der Waals surface area contributed by atoms with Gasteiger partial charge in [0, 0.05) is 0 Å². The molecule has 0 bridgehead atoms. The van der Waals surface area contributed by atoms with Crippen molar-refractivity contribution in [2.75, 3.05) is 14.2 Å². The summed E-state index contributed by atoms with van der Waals surface area (Å²) >= 11 is 0. The van der Waals surface area contributed by atoms with Gasteiger partial charge in [0.2, 0.25) is 11.8 Å². The first-order valence-electron chi connectivity index (χ1n) is 4.60. The van der Waals surface area contributed by atoms with E-state index in [1.54, 1.807) is 6.07 Å². The molecule has 0 amide bonds. The van der Waals surface area contributed by atoms with Gasteiger partial charge in [-0.2, -0.15) is 9.97 Å². The van der Waals surface area contributed by atoms with Crippen LogP contribution in [0.5, 0.6) is 17.8 Å². The van der Waals surface area contributed by atoms with E-state index >= 15 is 0 Å². The Morgan fingerprint density at radius 1 is 1.00 bits per heavy atom. The number of rotatable bonds is 3. The van der Waals surface area contributed by atoms with E-state index in [9.17, 15) is 0 Å². The predicted molar refractivity (Wildman–Crippen MR) is 55.5 cm³/mol. The van der Waals surface area contributed by atoms with E-state index in [0.717, 1.165) is 0 Å². The van der Waals surface area contributed by atoms with Crippen LogP contribution < -0.4 is 14.2 Å². The Kier molecular flexibility index (Phi) is 3.34. The van der Waals surface area contributed by atoms with Crippen molar-refractivity contribution in [2.24, 2.45) is 0 Å². The maximum Gasteiger partial charge on any atom is 0.323 e. The smallest absolute Gasteiger partial charge is 0.323 e. The van der Waals surface area contributed by atoms with E-state index in [2.05, 4.69) is 9.97 Å². The molecule has 1 aromatic rings. The monoisotopic (exact) mass is 212 g/mol. The number of hydrogen-bond donors (Lipinski definition) is 0. The molecule has 1 heterocycles. The number of methoxy groups -OCH3 is 2. The molecular weight excluding hydrogens is 196 g/mol. The minimum Gasteiger partial charge on any atom is -0.481 e. The summed E-state index contributed by atoms with van der Waals surface area (Å²) < 4.78 is 15.5. The van der Waals surface area contributed by atoms with Gasteiger partial charge >= 0.3 is 6.01 Å². The fourth-order valence-corrected chi connectivity index (χ4v) is 0.912. The molecule has 5 nitrogen and oxygen atoms in total. The molecule has 0 aliphatic heterocycles. The zero-order valence-electron chi connectivity index (χ0n) is 9.70. The second kappa shape index (κ2) is 4.33. The average molecular weight is 212 g/mol. The van der Waals surface area contributed by atoms with Crippen LogP contribution in [-0.4, -0.2) is 29.8 Å². The summed E-state index contributed by atoms with van der Waals surface area (Å²) in [5, 5.41) is 0. The summed E-state index contributed by atoms with van der Waals surface area (Å²) in [4.78, 5) is 8.10. The first-order chi connectivity index (χ1) is 6.94. The summed E-state index contributed by atoms with van der Waals surface area (Å²) in [7, 11) is 3.06. The van der Waals surface area contributed by atoms with Gasteiger partial charge in [-0.25, -0.2) is 0 Å². The quantitative estimate of drug-likeness (QED) is 0.762. The Labute approximate surface area is 89.4 Å². The molecule has 0 aromatic carbocycles. The molecule has 15 heavy (non-hydrogen) atoms. The number of nitrogens with zero attached hydrogens (tertiary/aromatic N) is 2. The molecule has 0 saturated carbocycles. The van der Waals surface area contributed by atoms with Crippen molar-refractivity contribution in [3.05, 3.63) is 6.07 Å². The summed E-state index contributed by atoms with van der Waals surface area (Å²) in [5.41, 5.74) is -0.350. The summed E-state index contributed by atoms with van der Waals surface area (Å²) in [6.45, 7) is 5.76. The molecule has 0 aliphatic rings. The zero-order valence-corrected chi connectivity index (χ0v) is 9.70. The summed E-state index contributed by atoms with van der Waals surface area (Å²) in [6.07, 6.45) is 0. The summed E-state index contributed by atoms with van der Waals surface area (Å²) in [5.74, 6) is 0.835. The Morgan fingerprint density at radius 2 is 1.47 bits per heavy atom. The van der Waals surface area contributed by atoms with Gasteiger partial charge in [0.05, 0.1) is 20.3 Å². The van der Waals surface area contributed by atoms with Crippen LogP contribution in [-0.2, 0) is 0 Å². The second-order valence-corrected chi connectivity index (χ2v) is 3.95. The highest BCUT2D eigenvalue weighted by Crippen LogP contribution is 2.21. The van der Waals surface area contributed by atoms with Gasteiger partial charge in [0.15, 0.2) is 0 Å². The van der Waals surface area contributed by atoms with E-state index in [-0.39, 0.29) is 11.6 Å². The highest BCUT2D eigenvalue weighted by atomic mass is 16.5. The Hall–Kier alpha value is -1.52. The lowest BCUT2D eigenvalue weighted by molar-refractivity contribution is 0.114. The Bertz CT molecular complexity index is 312. The van der Waals surface area contributed by atoms with Gasteiger partial charge in [0.1, 0.15) is 5.60 Å². The highest BCUT2D eigenvalue weighted by Gasteiger charge is 2.15. The molecule has 0 N–H and O–H groups in total. The number of ether oxygens (including phenoxy) is 3. The normalized spacial score (nSPS) is 11.0. The van der Waals surface area contributed by atoms with Gasteiger partial charge in [-0.3, -0.25) is 0 Å². The lowest BCUT2D eigenvalue weighted by atomic mass is 10.2. The van der Waals surface area contributed by atoms with Gasteiger partial charge < -0.3 is 14.2 Å². The number of aromatic nitrogens is 2. The second-order valence-electron chi connectivity index (χ2n) is 3.95. The topological polar surface area (TPSA) is 53.5 Å². The molecule has 1 rings (SSSR count). The fourth-order valence-electron chi connectivity index (χ4n) is 0.912. The van der Waals surface area contributed by atoms with Crippen molar-refractivity contribution in [3.8, 4) is 17.8 Å². The van der Waals surface area contributed by atoms with Crippen molar-refractivity contribution < 1.29 is 14.2 Å². The lowest BCUT2D eigenvalue weighted by Gasteiger charge is -2.19. The molecule has 0 saturated heterocycles. The van der Waals surface area contributed by atoms with Crippen LogP contribution in [0.25, 0.3) is 0 Å². The Morgan fingerprint density at radius 3 is 1.80 bits per heavy atom. The molecular formula is C10H16N2O3. The average Bonchev–Trinajstić information content (AvgIpc) is 2.14. The van der Waals surface area contributed by atoms with Crippen molar-refractivity contribution >= 4 is 0 Å². The van der Waals surface area contributed by atoms with Crippen LogP contribution in [0.4, 0.5) is 0 Å². The van der Waals surface area contributed by atoms with Gasteiger partial charge in [-0.1, -0.05) is 0 Å². The minimum atomic E-state index is -0.350.